The summed E-state index contributed by atoms with van der Waals surface area (Å²) in [6.45, 7) is 3.79. The van der Waals surface area contributed by atoms with Gasteiger partial charge in [-0.25, -0.2) is 0 Å². The second-order valence-corrected chi connectivity index (χ2v) is 4.18. The average molecular weight is 204 g/mol. The number of hydrogen-bond acceptors (Lipinski definition) is 2. The van der Waals surface area contributed by atoms with E-state index in [1.807, 2.05) is 23.1 Å². The zero-order valence-corrected chi connectivity index (χ0v) is 9.10. The van der Waals surface area contributed by atoms with Gasteiger partial charge in [0.25, 0.3) is 0 Å². The molecule has 0 saturated heterocycles. The number of carbonyl (C=O) groups is 1. The van der Waals surface area contributed by atoms with E-state index in [0.29, 0.717) is 0 Å². The van der Waals surface area contributed by atoms with Crippen molar-refractivity contribution in [3.05, 3.63) is 29.8 Å². The predicted octanol–water partition coefficient (Wildman–Crippen LogP) is 1.31. The first-order valence-corrected chi connectivity index (χ1v) is 5.28. The molecule has 3 heteroatoms. The van der Waals surface area contributed by atoms with E-state index in [2.05, 4.69) is 13.0 Å². The summed E-state index contributed by atoms with van der Waals surface area (Å²) in [4.78, 5) is 13.7. The zero-order chi connectivity index (χ0) is 11.0. The van der Waals surface area contributed by atoms with Crippen molar-refractivity contribution in [3.63, 3.8) is 0 Å². The third-order valence-corrected chi connectivity index (χ3v) is 2.83. The molecule has 2 atom stereocenters. The van der Waals surface area contributed by atoms with Crippen LogP contribution in [-0.4, -0.2) is 18.0 Å². The predicted molar refractivity (Wildman–Crippen MR) is 60.7 cm³/mol. The first kappa shape index (κ1) is 10.2. The van der Waals surface area contributed by atoms with Gasteiger partial charge in [-0.2, -0.15) is 0 Å². The lowest BCUT2D eigenvalue weighted by molar-refractivity contribution is -0.119. The summed E-state index contributed by atoms with van der Waals surface area (Å²) in [6.07, 6.45) is 0.925. The fourth-order valence-electron chi connectivity index (χ4n) is 2.12. The molecule has 3 nitrogen and oxygen atoms in total. The van der Waals surface area contributed by atoms with Crippen molar-refractivity contribution in [2.45, 2.75) is 32.4 Å². The van der Waals surface area contributed by atoms with Gasteiger partial charge in [0.2, 0.25) is 5.91 Å². The molecule has 0 fully saturated rings. The number of rotatable bonds is 1. The number of para-hydroxylation sites is 1. The highest BCUT2D eigenvalue weighted by atomic mass is 16.2. The van der Waals surface area contributed by atoms with E-state index in [9.17, 15) is 4.79 Å². The molecular formula is C12H16N2O. The Hall–Kier alpha value is -1.35. The van der Waals surface area contributed by atoms with Crippen molar-refractivity contribution in [2.75, 3.05) is 4.90 Å². The molecule has 1 aromatic rings. The molecule has 1 aliphatic rings. The summed E-state index contributed by atoms with van der Waals surface area (Å²) >= 11 is 0. The first-order valence-electron chi connectivity index (χ1n) is 5.28. The van der Waals surface area contributed by atoms with Gasteiger partial charge in [0.05, 0.1) is 6.04 Å². The van der Waals surface area contributed by atoms with Crippen molar-refractivity contribution in [3.8, 4) is 0 Å². The lowest BCUT2D eigenvalue weighted by atomic mass is 10.1. The Balaban J connectivity index is 2.38. The van der Waals surface area contributed by atoms with Crippen LogP contribution in [0.5, 0.6) is 0 Å². The van der Waals surface area contributed by atoms with Crippen LogP contribution < -0.4 is 10.6 Å². The summed E-state index contributed by atoms with van der Waals surface area (Å²) in [5.41, 5.74) is 7.90. The lowest BCUT2D eigenvalue weighted by Crippen LogP contribution is -2.45. The smallest absolute Gasteiger partial charge is 0.243 e. The third-order valence-electron chi connectivity index (χ3n) is 2.83. The number of carbonyl (C=O) groups excluding carboxylic acids is 1. The highest BCUT2D eigenvalue weighted by molar-refractivity contribution is 5.99. The molecule has 1 heterocycles. The number of amides is 1. The van der Waals surface area contributed by atoms with E-state index in [1.165, 1.54) is 5.56 Å². The SMILES string of the molecule is CC1Cc2ccccc2N1C(=O)[C@H](C)N. The molecule has 0 radical (unpaired) electrons. The molecule has 15 heavy (non-hydrogen) atoms. The molecule has 0 bridgehead atoms. The number of anilines is 1. The van der Waals surface area contributed by atoms with Crippen molar-refractivity contribution >= 4 is 11.6 Å². The Morgan fingerprint density at radius 2 is 2.20 bits per heavy atom. The second-order valence-electron chi connectivity index (χ2n) is 4.18. The zero-order valence-electron chi connectivity index (χ0n) is 9.10. The topological polar surface area (TPSA) is 46.3 Å². The number of nitrogens with two attached hydrogens (primary N) is 1. The highest BCUT2D eigenvalue weighted by Crippen LogP contribution is 2.31. The van der Waals surface area contributed by atoms with E-state index < -0.39 is 6.04 Å². The molecule has 1 unspecified atom stereocenters. The standard InChI is InChI=1S/C12H16N2O/c1-8-7-10-5-3-4-6-11(10)14(8)12(15)9(2)13/h3-6,8-9H,7,13H2,1-2H3/t8?,9-/m0/s1. The van der Waals surface area contributed by atoms with Crippen molar-refractivity contribution in [1.29, 1.82) is 0 Å². The number of hydrogen-bond donors (Lipinski definition) is 1. The van der Waals surface area contributed by atoms with Crippen LogP contribution in [0, 0.1) is 0 Å². The summed E-state index contributed by atoms with van der Waals surface area (Å²) in [6, 6.07) is 7.81. The van der Waals surface area contributed by atoms with Gasteiger partial charge in [-0.3, -0.25) is 4.79 Å². The number of fused-ring (bicyclic) bond motifs is 1. The molecule has 2 N–H and O–H groups in total. The Bertz CT molecular complexity index is 387. The van der Waals surface area contributed by atoms with Crippen LogP contribution in [-0.2, 0) is 11.2 Å². The van der Waals surface area contributed by atoms with Crippen LogP contribution in [0.3, 0.4) is 0 Å². The monoisotopic (exact) mass is 204 g/mol. The van der Waals surface area contributed by atoms with E-state index in [0.717, 1.165) is 12.1 Å². The maximum atomic E-state index is 11.9. The average Bonchev–Trinajstić information content (AvgIpc) is 2.52. The Labute approximate surface area is 89.9 Å². The molecule has 0 spiro atoms. The van der Waals surface area contributed by atoms with Gasteiger partial charge < -0.3 is 10.6 Å². The van der Waals surface area contributed by atoms with E-state index >= 15 is 0 Å². The maximum absolute atomic E-state index is 11.9. The van der Waals surface area contributed by atoms with E-state index in [4.69, 9.17) is 5.73 Å². The fourth-order valence-corrected chi connectivity index (χ4v) is 2.12. The van der Waals surface area contributed by atoms with Crippen LogP contribution in [0.1, 0.15) is 19.4 Å². The van der Waals surface area contributed by atoms with Crippen molar-refractivity contribution in [2.24, 2.45) is 5.73 Å². The van der Waals surface area contributed by atoms with Crippen molar-refractivity contribution < 1.29 is 4.79 Å². The number of nitrogens with zero attached hydrogens (tertiary/aromatic N) is 1. The molecule has 1 amide bonds. The molecule has 0 saturated carbocycles. The molecule has 2 rings (SSSR count). The van der Waals surface area contributed by atoms with Gasteiger partial charge in [-0.1, -0.05) is 18.2 Å². The van der Waals surface area contributed by atoms with Crippen LogP contribution in [0.15, 0.2) is 24.3 Å². The Kier molecular flexibility index (Phi) is 2.49. The summed E-state index contributed by atoms with van der Waals surface area (Å²) in [5, 5.41) is 0. The van der Waals surface area contributed by atoms with E-state index in [1.54, 1.807) is 6.92 Å². The van der Waals surface area contributed by atoms with Gasteiger partial charge >= 0.3 is 0 Å². The van der Waals surface area contributed by atoms with Crippen LogP contribution in [0.25, 0.3) is 0 Å². The van der Waals surface area contributed by atoms with E-state index in [-0.39, 0.29) is 11.9 Å². The minimum absolute atomic E-state index is 0.00690. The highest BCUT2D eigenvalue weighted by Gasteiger charge is 2.31. The summed E-state index contributed by atoms with van der Waals surface area (Å²) in [5.74, 6) is 0.00690. The molecular weight excluding hydrogens is 188 g/mol. The summed E-state index contributed by atoms with van der Waals surface area (Å²) in [7, 11) is 0. The maximum Gasteiger partial charge on any atom is 0.243 e. The first-order chi connectivity index (χ1) is 7.11. The Morgan fingerprint density at radius 3 is 2.87 bits per heavy atom. The molecule has 0 aliphatic carbocycles. The Morgan fingerprint density at radius 1 is 1.53 bits per heavy atom. The van der Waals surface area contributed by atoms with Crippen LogP contribution in [0.2, 0.25) is 0 Å². The summed E-state index contributed by atoms with van der Waals surface area (Å²) < 4.78 is 0. The normalized spacial score (nSPS) is 21.3. The number of benzene rings is 1. The van der Waals surface area contributed by atoms with Gasteiger partial charge in [-0.05, 0) is 31.9 Å². The van der Waals surface area contributed by atoms with Gasteiger partial charge in [0.15, 0.2) is 0 Å². The molecule has 0 aromatic heterocycles. The van der Waals surface area contributed by atoms with Crippen LogP contribution >= 0.6 is 0 Å². The second kappa shape index (κ2) is 3.66. The van der Waals surface area contributed by atoms with Gasteiger partial charge in [0, 0.05) is 11.7 Å². The minimum Gasteiger partial charge on any atom is -0.320 e. The van der Waals surface area contributed by atoms with Crippen LogP contribution in [0.4, 0.5) is 5.69 Å². The largest absolute Gasteiger partial charge is 0.320 e. The molecule has 1 aromatic carbocycles. The van der Waals surface area contributed by atoms with Gasteiger partial charge in [0.1, 0.15) is 0 Å². The lowest BCUT2D eigenvalue weighted by Gasteiger charge is -2.24. The fraction of sp³-hybridized carbons (Fsp3) is 0.417. The van der Waals surface area contributed by atoms with Crippen molar-refractivity contribution in [1.82, 2.24) is 0 Å². The molecule has 80 valence electrons. The quantitative estimate of drug-likeness (QED) is 0.749. The van der Waals surface area contributed by atoms with Gasteiger partial charge in [-0.15, -0.1) is 0 Å². The minimum atomic E-state index is -0.432. The molecule has 1 aliphatic heterocycles. The third kappa shape index (κ3) is 1.63.